The van der Waals surface area contributed by atoms with Crippen LogP contribution in [0.3, 0.4) is 0 Å². The van der Waals surface area contributed by atoms with Crippen molar-refractivity contribution in [1.82, 2.24) is 29.1 Å². The summed E-state index contributed by atoms with van der Waals surface area (Å²) in [5, 5.41) is 2.21. The minimum atomic E-state index is -1.79. The number of carbonyl (C=O) groups is 2. The third-order valence-corrected chi connectivity index (χ3v) is 18.9. The molecule has 7 aromatic rings. The Morgan fingerprint density at radius 3 is 0.966 bits per heavy atom. The van der Waals surface area contributed by atoms with Crippen LogP contribution in [0.1, 0.15) is 96.6 Å². The van der Waals surface area contributed by atoms with Crippen molar-refractivity contribution in [1.29, 1.82) is 0 Å². The average molecular weight is 1690 g/mol. The molecule has 0 spiro atoms. The van der Waals surface area contributed by atoms with E-state index in [0.717, 1.165) is 168 Å². The molecule has 672 valence electrons. The fraction of sp³-hybridized carbons (Fsp3) is 0.663. The fourth-order valence-electron chi connectivity index (χ4n) is 12.3. The molecule has 0 aliphatic rings. The number of aromatic nitrogens is 6. The first-order valence-corrected chi connectivity index (χ1v) is 41.8. The lowest BCUT2D eigenvalue weighted by molar-refractivity contribution is -0.891. The van der Waals surface area contributed by atoms with Crippen LogP contribution in [0.15, 0.2) is 54.6 Å². The number of carbonyl (C=O) groups excluding carboxylic acids is 2. The molecule has 119 heavy (non-hydrogen) atoms. The number of hydrogen-bond acceptors (Lipinski definition) is 25. The van der Waals surface area contributed by atoms with Gasteiger partial charge in [0, 0.05) is 49.2 Å². The van der Waals surface area contributed by atoms with E-state index < -0.39 is 41.4 Å². The van der Waals surface area contributed by atoms with Crippen molar-refractivity contribution < 1.29 is 117 Å². The number of rotatable bonds is 71. The molecule has 3 aromatic carbocycles. The van der Waals surface area contributed by atoms with Gasteiger partial charge in [0.2, 0.25) is 17.4 Å². The van der Waals surface area contributed by atoms with Gasteiger partial charge in [-0.25, -0.2) is 28.7 Å². The molecular weight excluding hydrogens is 1550 g/mol. The number of nitrogens with two attached hydrogens (primary N) is 2. The zero-order chi connectivity index (χ0) is 84.7. The standard InChI is InChI=1S/C45H66F4N5O10.C40H68N5O9.CH3/c1-4-5-12-38-52-42-43(34-10-6-7-11-37(34)51-45(42)50)53(38)14-8-9-15-54(2,3)16-18-57-20-22-59-24-26-61-28-30-63-32-31-62-29-27-60-25-23-58-21-19-56-17-13-39(55)64-44-40(48)35(46)33-36(47)41(44)49;1-5-6-13-37-43-38-39(35-11-7-8-12-36(35)42-40(38)41)44(37)15-9-10-16-45(3,4)17-19-48-21-23-50-25-27-52-29-31-54-33-32-53-30-28-51-26-24-49-22-20-47-18-14-34(2)46;/h6-7,10-11,33H,4-5,8-9,12-32H2,1-3H3,(H2,50,51);7-8,11-12H,5-6,9-10,13-33H2,1-4H3,(H2,41,42);1H3/q2*+1;-1. The summed E-state index contributed by atoms with van der Waals surface area (Å²) in [4.78, 5) is 41.7. The third kappa shape index (κ3) is 41.3. The maximum atomic E-state index is 13.6. The maximum Gasteiger partial charge on any atom is 0.313 e. The second-order valence-corrected chi connectivity index (χ2v) is 29.4. The van der Waals surface area contributed by atoms with Gasteiger partial charge in [0.15, 0.2) is 23.3 Å². The van der Waals surface area contributed by atoms with E-state index in [1.54, 1.807) is 6.92 Å². The molecule has 0 unspecified atom stereocenters. The van der Waals surface area contributed by atoms with E-state index in [0.29, 0.717) is 210 Å². The predicted molar refractivity (Wildman–Crippen MR) is 450 cm³/mol. The van der Waals surface area contributed by atoms with E-state index in [4.69, 9.17) is 97.2 Å². The molecule has 33 heteroatoms. The number of fused-ring (bicyclic) bond motifs is 6. The molecule has 0 saturated carbocycles. The quantitative estimate of drug-likeness (QED) is 0.00680. The molecule has 4 heterocycles. The highest BCUT2D eigenvalue weighted by atomic mass is 19.2. The molecule has 0 saturated heterocycles. The Morgan fingerprint density at radius 1 is 0.378 bits per heavy atom. The molecule has 0 radical (unpaired) electrons. The second kappa shape index (κ2) is 61.5. The van der Waals surface area contributed by atoms with E-state index in [9.17, 15) is 27.2 Å². The number of unbranched alkanes of at least 4 members (excludes halogenated alkanes) is 4. The van der Waals surface area contributed by atoms with Crippen molar-refractivity contribution in [3.05, 3.63) is 96.9 Å². The lowest BCUT2D eigenvalue weighted by Crippen LogP contribution is -2.43. The van der Waals surface area contributed by atoms with Gasteiger partial charge in [-0.1, -0.05) is 63.1 Å². The summed E-state index contributed by atoms with van der Waals surface area (Å²) in [7, 11) is 9.03. The molecular formula is C86H137F4N10O19+. The van der Waals surface area contributed by atoms with Crippen LogP contribution in [0.2, 0.25) is 0 Å². The lowest BCUT2D eigenvalue weighted by atomic mass is 10.1. The summed E-state index contributed by atoms with van der Waals surface area (Å²) in [6, 6.07) is 16.4. The molecule has 0 aliphatic heterocycles. The molecule has 4 aromatic heterocycles. The van der Waals surface area contributed by atoms with E-state index in [-0.39, 0.29) is 39.1 Å². The first kappa shape index (κ1) is 103. The van der Waals surface area contributed by atoms with Crippen LogP contribution < -0.4 is 16.2 Å². The van der Waals surface area contributed by atoms with E-state index in [1.807, 2.05) is 30.3 Å². The fourth-order valence-corrected chi connectivity index (χ4v) is 12.3. The highest BCUT2D eigenvalue weighted by molar-refractivity contribution is 6.07. The summed E-state index contributed by atoms with van der Waals surface area (Å²) in [6.07, 6.45) is 10.7. The van der Waals surface area contributed by atoms with Crippen LogP contribution >= 0.6 is 0 Å². The summed E-state index contributed by atoms with van der Waals surface area (Å²) in [5.41, 5.74) is 18.4. The number of pyridine rings is 2. The number of ketones is 1. The smallest absolute Gasteiger partial charge is 0.313 e. The van der Waals surface area contributed by atoms with Crippen LogP contribution in [-0.4, -0.2) is 316 Å². The Kier molecular flexibility index (Phi) is 53.0. The lowest BCUT2D eigenvalue weighted by Gasteiger charge is -2.29. The molecule has 0 amide bonds. The number of benzene rings is 3. The number of anilines is 2. The summed E-state index contributed by atoms with van der Waals surface area (Å²) in [5.74, 6) is -6.14. The predicted octanol–water partition coefficient (Wildman–Crippen LogP) is 11.0. The van der Waals surface area contributed by atoms with Crippen LogP contribution in [0.5, 0.6) is 5.75 Å². The van der Waals surface area contributed by atoms with Gasteiger partial charge in [0.25, 0.3) is 0 Å². The largest absolute Gasteiger partial charge is 0.420 e. The Balaban J connectivity index is 0.000000426. The highest BCUT2D eigenvalue weighted by Gasteiger charge is 2.25. The Hall–Kier alpha value is -6.84. The number of hydrogen-bond donors (Lipinski definition) is 2. The molecule has 0 aliphatic carbocycles. The van der Waals surface area contributed by atoms with E-state index in [1.165, 1.54) is 0 Å². The van der Waals surface area contributed by atoms with Crippen LogP contribution in [0.4, 0.5) is 29.2 Å². The Morgan fingerprint density at radius 2 is 0.664 bits per heavy atom. The van der Waals surface area contributed by atoms with Crippen molar-refractivity contribution in [2.45, 2.75) is 111 Å². The summed E-state index contributed by atoms with van der Waals surface area (Å²) in [6.45, 7) is 26.1. The van der Waals surface area contributed by atoms with Gasteiger partial charge < -0.3 is 118 Å². The number of ether oxygens (including phenoxy) is 17. The van der Waals surface area contributed by atoms with Gasteiger partial charge in [-0.2, -0.15) is 8.78 Å². The van der Waals surface area contributed by atoms with Gasteiger partial charge in [-0.05, 0) is 57.6 Å². The number of quaternary nitrogens is 2. The number of nitrogens with zero attached hydrogens (tertiary/aromatic N) is 8. The number of esters is 1. The first-order chi connectivity index (χ1) is 57.3. The zero-order valence-corrected chi connectivity index (χ0v) is 72.1. The number of nitrogen functional groups attached to an aromatic ring is 2. The van der Waals surface area contributed by atoms with Gasteiger partial charge in [-0.15, -0.1) is 0 Å². The summed E-state index contributed by atoms with van der Waals surface area (Å²) < 4.78 is 153. The highest BCUT2D eigenvalue weighted by Crippen LogP contribution is 2.32. The minimum absolute atomic E-state index is 0. The molecule has 29 nitrogen and oxygen atoms in total. The topological polar surface area (TPSA) is 305 Å². The van der Waals surface area contributed by atoms with Gasteiger partial charge in [0.1, 0.15) is 41.6 Å². The van der Waals surface area contributed by atoms with Crippen molar-refractivity contribution in [2.24, 2.45) is 0 Å². The van der Waals surface area contributed by atoms with Gasteiger partial charge in [-0.3, -0.25) is 9.59 Å². The molecule has 4 N–H and O–H groups in total. The number of aryl methyl sites for hydroxylation is 4. The first-order valence-electron chi connectivity index (χ1n) is 41.8. The molecule has 0 bridgehead atoms. The van der Waals surface area contributed by atoms with Crippen LogP contribution in [0, 0.1) is 30.7 Å². The number of Topliss-reactive ketones (excluding diaryl/α,β-unsaturated/α-hetero) is 1. The van der Waals surface area contributed by atoms with E-state index >= 15 is 0 Å². The summed E-state index contributed by atoms with van der Waals surface area (Å²) >= 11 is 0. The monoisotopic (exact) mass is 1690 g/mol. The third-order valence-electron chi connectivity index (χ3n) is 18.9. The van der Waals surface area contributed by atoms with Crippen molar-refractivity contribution in [3.63, 3.8) is 0 Å². The van der Waals surface area contributed by atoms with Gasteiger partial charge in [0.05, 0.1) is 281 Å². The molecule has 0 fully saturated rings. The molecule has 7 rings (SSSR count). The normalized spacial score (nSPS) is 11.9. The Bertz CT molecular complexity index is 3880. The van der Waals surface area contributed by atoms with Crippen LogP contribution in [0.25, 0.3) is 43.9 Å². The second-order valence-electron chi connectivity index (χ2n) is 29.4. The SMILES string of the molecule is CCCCc1nc2c(N)nc3ccccc3c2n1CCCC[N+](C)(C)CCOCCOCCOCCOCCOCCOCCOCCOCCC(=O)Oc1c(F)c(F)cc(F)c1F.CCCCc1nc2c(N)nc3ccccc3c2n1CCCC[N+](C)(C)CCOCCOCCOCCOCCOCCOCCOCCOCCC(C)=O.[CH3-]. The van der Waals surface area contributed by atoms with Crippen molar-refractivity contribution in [2.75, 3.05) is 277 Å². The maximum absolute atomic E-state index is 13.6. The number of halogens is 4. The molecule has 0 atom stereocenters. The van der Waals surface area contributed by atoms with Crippen molar-refractivity contribution in [3.8, 4) is 5.75 Å². The van der Waals surface area contributed by atoms with Crippen molar-refractivity contribution >= 4 is 67.3 Å². The number of likely N-dealkylation sites (N-methyl/N-ethyl adjacent to an activating group) is 2. The van der Waals surface area contributed by atoms with Crippen LogP contribution in [-0.2, 0) is 111 Å². The average Bonchev–Trinajstić information content (AvgIpc) is 1.56. The number of imidazole rings is 2. The Labute approximate surface area is 700 Å². The number of para-hydroxylation sites is 2. The minimum Gasteiger partial charge on any atom is -0.420 e. The van der Waals surface area contributed by atoms with Gasteiger partial charge >= 0.3 is 5.97 Å². The van der Waals surface area contributed by atoms with E-state index in [2.05, 4.69) is 84.1 Å². The zero-order valence-electron chi connectivity index (χ0n) is 72.1.